The molecule has 11 heteroatoms. The number of rotatable bonds is 6. The molecule has 36 heavy (non-hydrogen) atoms. The fourth-order valence-corrected chi connectivity index (χ4v) is 8.76. The van der Waals surface area contributed by atoms with Crippen molar-refractivity contribution in [3.8, 4) is 0 Å². The van der Waals surface area contributed by atoms with Gasteiger partial charge in [0, 0.05) is 49.5 Å². The summed E-state index contributed by atoms with van der Waals surface area (Å²) >= 11 is 8.22. The number of halogens is 1. The predicted molar refractivity (Wildman–Crippen MR) is 140 cm³/mol. The van der Waals surface area contributed by atoms with Crippen LogP contribution in [0.4, 0.5) is 0 Å². The van der Waals surface area contributed by atoms with Crippen molar-refractivity contribution in [3.63, 3.8) is 0 Å². The van der Waals surface area contributed by atoms with Gasteiger partial charge in [0.15, 0.2) is 0 Å². The predicted octanol–water partition coefficient (Wildman–Crippen LogP) is 0.703. The van der Waals surface area contributed by atoms with Gasteiger partial charge in [-0.1, -0.05) is 0 Å². The number of nitrogens with one attached hydrogen (secondary N) is 5. The van der Waals surface area contributed by atoms with Crippen LogP contribution in [0.2, 0.25) is 0 Å². The molecule has 204 valence electrons. The summed E-state index contributed by atoms with van der Waals surface area (Å²) in [5.74, 6) is 0.530. The van der Waals surface area contributed by atoms with E-state index >= 15 is 0 Å². The number of ether oxygens (including phenoxy) is 1. The van der Waals surface area contributed by atoms with Crippen molar-refractivity contribution in [2.45, 2.75) is 98.5 Å². The SMILES string of the molecule is COC1CNC(Cl)CC1C1CC(C)NCC1C(=O)NC1NC2CC[C@@H](C(=O)NC3CC(O)C3)CC2S1. The van der Waals surface area contributed by atoms with Crippen molar-refractivity contribution in [2.24, 2.45) is 23.7 Å². The van der Waals surface area contributed by atoms with E-state index in [9.17, 15) is 14.7 Å². The molecule has 2 amide bonds. The van der Waals surface area contributed by atoms with E-state index in [1.54, 1.807) is 18.9 Å². The third-order valence-corrected chi connectivity index (χ3v) is 10.8. The van der Waals surface area contributed by atoms with Gasteiger partial charge in [-0.2, -0.15) is 0 Å². The van der Waals surface area contributed by atoms with Crippen LogP contribution in [0.25, 0.3) is 0 Å². The van der Waals surface area contributed by atoms with Crippen LogP contribution in [0.15, 0.2) is 0 Å². The van der Waals surface area contributed by atoms with Crippen LogP contribution in [0, 0.1) is 23.7 Å². The van der Waals surface area contributed by atoms with Gasteiger partial charge in [0.2, 0.25) is 11.8 Å². The Balaban J connectivity index is 1.16. The third-order valence-electron chi connectivity index (χ3n) is 9.09. The summed E-state index contributed by atoms with van der Waals surface area (Å²) in [5, 5.41) is 26.6. The molecule has 0 aromatic carbocycles. The number of carbonyl (C=O) groups excluding carboxylic acids is 2. The lowest BCUT2D eigenvalue weighted by molar-refractivity contribution is -0.130. The normalized spacial score (nSPS) is 46.9. The maximum absolute atomic E-state index is 13.6. The number of thioether (sulfide) groups is 1. The van der Waals surface area contributed by atoms with Gasteiger partial charge in [0.25, 0.3) is 0 Å². The molecule has 5 rings (SSSR count). The van der Waals surface area contributed by atoms with Gasteiger partial charge in [-0.3, -0.25) is 20.2 Å². The molecule has 6 N–H and O–H groups in total. The number of hydrogen-bond donors (Lipinski definition) is 6. The monoisotopic (exact) mass is 543 g/mol. The van der Waals surface area contributed by atoms with E-state index in [0.717, 1.165) is 32.1 Å². The zero-order valence-electron chi connectivity index (χ0n) is 21.3. The number of fused-ring (bicyclic) bond motifs is 1. The maximum Gasteiger partial charge on any atom is 0.226 e. The van der Waals surface area contributed by atoms with Crippen LogP contribution < -0.4 is 26.6 Å². The highest BCUT2D eigenvalue weighted by Crippen LogP contribution is 2.40. The van der Waals surface area contributed by atoms with Gasteiger partial charge in [0.1, 0.15) is 5.50 Å². The van der Waals surface area contributed by atoms with Crippen LogP contribution >= 0.6 is 23.4 Å². The van der Waals surface area contributed by atoms with Crippen LogP contribution in [0.1, 0.15) is 51.9 Å². The molecular formula is C25H42ClN5O4S. The Labute approximate surface area is 223 Å². The maximum atomic E-state index is 13.6. The lowest BCUT2D eigenvalue weighted by Crippen LogP contribution is -2.57. The second kappa shape index (κ2) is 11.6. The van der Waals surface area contributed by atoms with E-state index in [1.807, 2.05) is 0 Å². The molecule has 0 radical (unpaired) electrons. The van der Waals surface area contributed by atoms with E-state index in [4.69, 9.17) is 16.3 Å². The van der Waals surface area contributed by atoms with Gasteiger partial charge in [-0.25, -0.2) is 0 Å². The lowest BCUT2D eigenvalue weighted by Gasteiger charge is -2.45. The van der Waals surface area contributed by atoms with Crippen molar-refractivity contribution >= 4 is 35.2 Å². The average Bonchev–Trinajstić information content (AvgIpc) is 3.24. The molecule has 5 fully saturated rings. The van der Waals surface area contributed by atoms with Gasteiger partial charge in [0.05, 0.1) is 23.6 Å². The number of alkyl halides is 1. The topological polar surface area (TPSA) is 124 Å². The molecule has 5 aliphatic rings. The molecule has 10 atom stereocenters. The molecule has 2 saturated carbocycles. The summed E-state index contributed by atoms with van der Waals surface area (Å²) in [4.78, 5) is 26.3. The first kappa shape index (κ1) is 27.0. The average molecular weight is 544 g/mol. The van der Waals surface area contributed by atoms with Crippen LogP contribution in [0.3, 0.4) is 0 Å². The molecule has 3 heterocycles. The zero-order chi connectivity index (χ0) is 25.4. The minimum Gasteiger partial charge on any atom is -0.393 e. The van der Waals surface area contributed by atoms with Crippen molar-refractivity contribution in [1.82, 2.24) is 26.6 Å². The van der Waals surface area contributed by atoms with Crippen molar-refractivity contribution in [1.29, 1.82) is 0 Å². The Morgan fingerprint density at radius 1 is 1.00 bits per heavy atom. The standard InChI is InChI=1S/C25H42ClN5O4S/c1-12-5-16(17-9-22(26)28-11-20(17)35-2)18(10-27-12)24(34)31-25-30-19-4-3-13(6-21(19)36-25)23(33)29-14-7-15(32)8-14/h12-22,25,27-28,30,32H,3-11H2,1-2H3,(H,29,33)(H,31,34)/t12?,13-,14?,15?,16?,17?,18?,19?,20?,21?,22?,25?/m1/s1. The quantitative estimate of drug-likeness (QED) is 0.214. The Morgan fingerprint density at radius 2 is 1.81 bits per heavy atom. The number of amides is 2. The fraction of sp³-hybridized carbons (Fsp3) is 0.920. The summed E-state index contributed by atoms with van der Waals surface area (Å²) in [6, 6.07) is 0.793. The Hall–Kier alpha value is -0.620. The van der Waals surface area contributed by atoms with Gasteiger partial charge < -0.3 is 25.8 Å². The fourth-order valence-electron chi connectivity index (χ4n) is 6.93. The molecule has 0 aromatic heterocycles. The van der Waals surface area contributed by atoms with E-state index in [2.05, 4.69) is 33.5 Å². The van der Waals surface area contributed by atoms with E-state index < -0.39 is 0 Å². The third kappa shape index (κ3) is 6.00. The molecule has 9 unspecified atom stereocenters. The Bertz CT molecular complexity index is 804. The molecule has 0 aromatic rings. The number of hydrogen-bond acceptors (Lipinski definition) is 8. The molecule has 3 aliphatic heterocycles. The van der Waals surface area contributed by atoms with Gasteiger partial charge in [-0.05, 0) is 63.7 Å². The van der Waals surface area contributed by atoms with Crippen molar-refractivity contribution < 1.29 is 19.4 Å². The summed E-state index contributed by atoms with van der Waals surface area (Å²) in [5.41, 5.74) is -0.229. The van der Waals surface area contributed by atoms with E-state index in [0.29, 0.717) is 43.3 Å². The second-order valence-electron chi connectivity index (χ2n) is 11.5. The summed E-state index contributed by atoms with van der Waals surface area (Å²) in [7, 11) is 1.75. The smallest absolute Gasteiger partial charge is 0.226 e. The number of carbonyl (C=O) groups is 2. The lowest BCUT2D eigenvalue weighted by atomic mass is 9.70. The Morgan fingerprint density at radius 3 is 2.56 bits per heavy atom. The molecule has 2 aliphatic carbocycles. The minimum atomic E-state index is -0.265. The molecular weight excluding hydrogens is 502 g/mol. The summed E-state index contributed by atoms with van der Waals surface area (Å²) in [6.45, 7) is 3.55. The summed E-state index contributed by atoms with van der Waals surface area (Å²) in [6.07, 6.45) is 5.46. The largest absolute Gasteiger partial charge is 0.393 e. The van der Waals surface area contributed by atoms with Gasteiger partial charge in [-0.15, -0.1) is 23.4 Å². The number of aliphatic hydroxyl groups excluding tert-OH is 1. The first-order valence-electron chi connectivity index (χ1n) is 13.6. The van der Waals surface area contributed by atoms with Crippen LogP contribution in [-0.2, 0) is 14.3 Å². The number of methoxy groups -OCH3 is 1. The first-order valence-corrected chi connectivity index (χ1v) is 15.0. The number of aliphatic hydroxyl groups is 1. The highest BCUT2D eigenvalue weighted by atomic mass is 35.5. The van der Waals surface area contributed by atoms with Crippen molar-refractivity contribution in [3.05, 3.63) is 0 Å². The van der Waals surface area contributed by atoms with Crippen LogP contribution in [-0.4, -0.2) is 83.7 Å². The van der Waals surface area contributed by atoms with E-state index in [1.165, 1.54) is 0 Å². The summed E-state index contributed by atoms with van der Waals surface area (Å²) < 4.78 is 5.80. The van der Waals surface area contributed by atoms with Gasteiger partial charge >= 0.3 is 0 Å². The van der Waals surface area contributed by atoms with Crippen molar-refractivity contribution in [2.75, 3.05) is 20.2 Å². The molecule has 3 saturated heterocycles. The molecule has 9 nitrogen and oxygen atoms in total. The molecule has 0 spiro atoms. The highest BCUT2D eigenvalue weighted by Gasteiger charge is 2.46. The van der Waals surface area contributed by atoms with Crippen LogP contribution in [0.5, 0.6) is 0 Å². The number of piperidine rings is 2. The first-order chi connectivity index (χ1) is 17.3. The highest BCUT2D eigenvalue weighted by molar-refractivity contribution is 8.00. The molecule has 0 bridgehead atoms. The minimum absolute atomic E-state index is 0.00976. The second-order valence-corrected chi connectivity index (χ2v) is 13.4. The zero-order valence-corrected chi connectivity index (χ0v) is 22.8. The Kier molecular flexibility index (Phi) is 8.72. The van der Waals surface area contributed by atoms with E-state index in [-0.39, 0.29) is 64.7 Å².